The van der Waals surface area contributed by atoms with Crippen LogP contribution in [0.15, 0.2) is 35.7 Å². The molecule has 1 atom stereocenters. The molecule has 90 valence electrons. The van der Waals surface area contributed by atoms with Gasteiger partial charge in [0.15, 0.2) is 0 Å². The van der Waals surface area contributed by atoms with Crippen molar-refractivity contribution in [1.29, 1.82) is 0 Å². The predicted octanol–water partition coefficient (Wildman–Crippen LogP) is 3.17. The van der Waals surface area contributed by atoms with Crippen LogP contribution in [0.1, 0.15) is 23.2 Å². The van der Waals surface area contributed by atoms with Gasteiger partial charge >= 0.3 is 0 Å². The van der Waals surface area contributed by atoms with Gasteiger partial charge in [0.2, 0.25) is 0 Å². The number of aryl methyl sites for hydroxylation is 1. The van der Waals surface area contributed by atoms with E-state index in [0.29, 0.717) is 6.04 Å². The molecule has 2 nitrogen and oxygen atoms in total. The summed E-state index contributed by atoms with van der Waals surface area (Å²) in [5.74, 6) is 0. The first kappa shape index (κ1) is 12.3. The van der Waals surface area contributed by atoms with Crippen molar-refractivity contribution in [1.82, 2.24) is 10.3 Å². The van der Waals surface area contributed by atoms with Crippen molar-refractivity contribution in [3.63, 3.8) is 0 Å². The third-order valence-corrected chi connectivity index (χ3v) is 3.62. The lowest BCUT2D eigenvalue weighted by molar-refractivity contribution is 0.544. The molecule has 0 aliphatic heterocycles. The van der Waals surface area contributed by atoms with Crippen LogP contribution in [-0.4, -0.2) is 11.0 Å². The minimum absolute atomic E-state index is 0.474. The first-order valence-corrected chi connectivity index (χ1v) is 6.80. The highest BCUT2D eigenvalue weighted by Crippen LogP contribution is 2.09. The van der Waals surface area contributed by atoms with Gasteiger partial charge in [0.25, 0.3) is 0 Å². The molecule has 0 aliphatic carbocycles. The number of rotatable bonds is 5. The molecule has 0 amide bonds. The van der Waals surface area contributed by atoms with E-state index in [1.807, 2.05) is 6.92 Å². The van der Waals surface area contributed by atoms with Crippen molar-refractivity contribution in [2.45, 2.75) is 32.9 Å². The Morgan fingerprint density at radius 3 is 2.71 bits per heavy atom. The average Bonchev–Trinajstić information content (AvgIpc) is 2.74. The molecule has 0 fully saturated rings. The van der Waals surface area contributed by atoms with Crippen LogP contribution in [0.2, 0.25) is 0 Å². The molecule has 0 bridgehead atoms. The van der Waals surface area contributed by atoms with E-state index >= 15 is 0 Å². The summed E-state index contributed by atoms with van der Waals surface area (Å²) in [5, 5.41) is 6.77. The summed E-state index contributed by atoms with van der Waals surface area (Å²) in [6.45, 7) is 5.12. The largest absolute Gasteiger partial charge is 0.308 e. The van der Waals surface area contributed by atoms with Gasteiger partial charge in [-0.3, -0.25) is 0 Å². The number of thiazole rings is 1. The molecule has 3 heteroatoms. The molecule has 0 spiro atoms. The number of nitrogens with zero attached hydrogens (tertiary/aromatic N) is 1. The first-order valence-electron chi connectivity index (χ1n) is 5.92. The van der Waals surface area contributed by atoms with Crippen molar-refractivity contribution < 1.29 is 0 Å². The third kappa shape index (κ3) is 3.95. The minimum Gasteiger partial charge on any atom is -0.308 e. The van der Waals surface area contributed by atoms with Gasteiger partial charge in [-0.1, -0.05) is 30.3 Å². The van der Waals surface area contributed by atoms with Crippen LogP contribution in [0.25, 0.3) is 0 Å². The Kier molecular flexibility index (Phi) is 4.29. The van der Waals surface area contributed by atoms with Crippen LogP contribution in [0.4, 0.5) is 0 Å². The van der Waals surface area contributed by atoms with E-state index < -0.39 is 0 Å². The van der Waals surface area contributed by atoms with E-state index in [1.165, 1.54) is 10.6 Å². The smallest absolute Gasteiger partial charge is 0.107 e. The van der Waals surface area contributed by atoms with Gasteiger partial charge in [-0.25, -0.2) is 4.98 Å². The van der Waals surface area contributed by atoms with E-state index in [1.54, 1.807) is 11.3 Å². The lowest BCUT2D eigenvalue weighted by atomic mass is 10.1. The second kappa shape index (κ2) is 5.94. The summed E-state index contributed by atoms with van der Waals surface area (Å²) in [6.07, 6.45) is 1.06. The van der Waals surface area contributed by atoms with Gasteiger partial charge in [-0.05, 0) is 25.8 Å². The number of aromatic nitrogens is 1. The lowest BCUT2D eigenvalue weighted by Gasteiger charge is -2.12. The molecule has 1 unspecified atom stereocenters. The first-order chi connectivity index (χ1) is 8.24. The van der Waals surface area contributed by atoms with Gasteiger partial charge in [0, 0.05) is 23.7 Å². The Labute approximate surface area is 107 Å². The Bertz CT molecular complexity index is 450. The molecule has 2 rings (SSSR count). The van der Waals surface area contributed by atoms with Crippen molar-refractivity contribution in [2.75, 3.05) is 0 Å². The highest BCUT2D eigenvalue weighted by molar-refractivity contribution is 7.09. The van der Waals surface area contributed by atoms with Gasteiger partial charge in [0.1, 0.15) is 5.01 Å². The standard InChI is InChI=1S/C14H18N2S/c1-11(8-13-6-4-3-5-7-13)15-9-14-16-12(2)10-17-14/h3-7,10-11,15H,8-9H2,1-2H3. The van der Waals surface area contributed by atoms with E-state index in [-0.39, 0.29) is 0 Å². The average molecular weight is 246 g/mol. The minimum atomic E-state index is 0.474. The summed E-state index contributed by atoms with van der Waals surface area (Å²) in [4.78, 5) is 4.45. The summed E-state index contributed by atoms with van der Waals surface area (Å²) in [6, 6.07) is 11.1. The molecular weight excluding hydrogens is 228 g/mol. The van der Waals surface area contributed by atoms with Gasteiger partial charge in [-0.2, -0.15) is 0 Å². The maximum absolute atomic E-state index is 4.45. The quantitative estimate of drug-likeness (QED) is 0.876. The van der Waals surface area contributed by atoms with E-state index in [9.17, 15) is 0 Å². The molecular formula is C14H18N2S. The Hall–Kier alpha value is -1.19. The molecule has 1 heterocycles. The second-order valence-corrected chi connectivity index (χ2v) is 5.30. The molecule has 0 saturated heterocycles. The Balaban J connectivity index is 1.80. The normalized spacial score (nSPS) is 12.6. The fourth-order valence-corrected chi connectivity index (χ4v) is 2.51. The topological polar surface area (TPSA) is 24.9 Å². The molecule has 1 aromatic heterocycles. The number of benzene rings is 1. The Morgan fingerprint density at radius 2 is 2.06 bits per heavy atom. The summed E-state index contributed by atoms with van der Waals surface area (Å²) in [5.41, 5.74) is 2.49. The fraction of sp³-hybridized carbons (Fsp3) is 0.357. The van der Waals surface area contributed by atoms with Crippen LogP contribution in [-0.2, 0) is 13.0 Å². The second-order valence-electron chi connectivity index (χ2n) is 4.35. The van der Waals surface area contributed by atoms with Crippen LogP contribution < -0.4 is 5.32 Å². The fourth-order valence-electron chi connectivity index (χ4n) is 1.79. The predicted molar refractivity (Wildman–Crippen MR) is 73.3 cm³/mol. The highest BCUT2D eigenvalue weighted by atomic mass is 32.1. The zero-order valence-corrected chi connectivity index (χ0v) is 11.1. The molecule has 2 aromatic rings. The van der Waals surface area contributed by atoms with Crippen molar-refractivity contribution >= 4 is 11.3 Å². The van der Waals surface area contributed by atoms with Crippen LogP contribution in [0.3, 0.4) is 0 Å². The summed E-state index contributed by atoms with van der Waals surface area (Å²) < 4.78 is 0. The molecule has 1 N–H and O–H groups in total. The maximum Gasteiger partial charge on any atom is 0.107 e. The zero-order chi connectivity index (χ0) is 12.1. The van der Waals surface area contributed by atoms with Crippen molar-refractivity contribution in [3.05, 3.63) is 52.0 Å². The van der Waals surface area contributed by atoms with Gasteiger partial charge < -0.3 is 5.32 Å². The van der Waals surface area contributed by atoms with E-state index in [4.69, 9.17) is 0 Å². The lowest BCUT2D eigenvalue weighted by Crippen LogP contribution is -2.27. The molecule has 0 radical (unpaired) electrons. The van der Waals surface area contributed by atoms with E-state index in [0.717, 1.165) is 18.7 Å². The van der Waals surface area contributed by atoms with Crippen LogP contribution in [0, 0.1) is 6.92 Å². The van der Waals surface area contributed by atoms with Gasteiger partial charge in [-0.15, -0.1) is 11.3 Å². The van der Waals surface area contributed by atoms with Crippen LogP contribution in [0.5, 0.6) is 0 Å². The molecule has 0 aliphatic rings. The Morgan fingerprint density at radius 1 is 1.29 bits per heavy atom. The highest BCUT2D eigenvalue weighted by Gasteiger charge is 2.04. The summed E-state index contributed by atoms with van der Waals surface area (Å²) >= 11 is 1.72. The van der Waals surface area contributed by atoms with Crippen molar-refractivity contribution in [2.24, 2.45) is 0 Å². The molecule has 1 aromatic carbocycles. The maximum atomic E-state index is 4.45. The third-order valence-electron chi connectivity index (χ3n) is 2.65. The molecule has 0 saturated carbocycles. The number of nitrogens with one attached hydrogen (secondary N) is 1. The van der Waals surface area contributed by atoms with Crippen molar-refractivity contribution in [3.8, 4) is 0 Å². The number of hydrogen-bond donors (Lipinski definition) is 1. The monoisotopic (exact) mass is 246 g/mol. The number of hydrogen-bond acceptors (Lipinski definition) is 3. The zero-order valence-electron chi connectivity index (χ0n) is 10.3. The van der Waals surface area contributed by atoms with Crippen LogP contribution >= 0.6 is 11.3 Å². The summed E-state index contributed by atoms with van der Waals surface area (Å²) in [7, 11) is 0. The SMILES string of the molecule is Cc1csc(CNC(C)Cc2ccccc2)n1. The van der Waals surface area contributed by atoms with E-state index in [2.05, 4.69) is 52.9 Å². The van der Waals surface area contributed by atoms with Gasteiger partial charge in [0.05, 0.1) is 0 Å². The molecule has 17 heavy (non-hydrogen) atoms.